The first kappa shape index (κ1) is 24.9. The molecule has 6 nitrogen and oxygen atoms in total. The number of hydrogen-bond acceptors (Lipinski definition) is 4. The first-order valence-electron chi connectivity index (χ1n) is 8.93. The Morgan fingerprint density at radius 2 is 1.96 bits per heavy atom. The Kier molecular flexibility index (Phi) is 15.5. The Hall–Kier alpha value is -1.06. The summed E-state index contributed by atoms with van der Waals surface area (Å²) in [6.45, 7) is 7.91. The molecule has 1 rings (SSSR count). The predicted molar refractivity (Wildman–Crippen MR) is 119 cm³/mol. The zero-order chi connectivity index (χ0) is 18.3. The Labute approximate surface area is 175 Å². The largest absolute Gasteiger partial charge is 0.493 e. The highest BCUT2D eigenvalue weighted by atomic mass is 127. The fraction of sp³-hybridized carbons (Fsp3) is 0.632. The maximum Gasteiger partial charge on any atom is 0.195 e. The molecule has 0 heterocycles. The van der Waals surface area contributed by atoms with Gasteiger partial charge in [0.25, 0.3) is 0 Å². The van der Waals surface area contributed by atoms with E-state index >= 15 is 0 Å². The summed E-state index contributed by atoms with van der Waals surface area (Å²) in [7, 11) is 3.44. The molecule has 0 aromatic heterocycles. The van der Waals surface area contributed by atoms with Gasteiger partial charge in [0.15, 0.2) is 5.96 Å². The fourth-order valence-electron chi connectivity index (χ4n) is 2.04. The molecule has 0 aliphatic rings. The van der Waals surface area contributed by atoms with E-state index in [2.05, 4.69) is 29.5 Å². The number of guanidine groups is 1. The molecule has 0 fully saturated rings. The van der Waals surface area contributed by atoms with Crippen molar-refractivity contribution in [1.82, 2.24) is 5.32 Å². The number of halogens is 1. The van der Waals surface area contributed by atoms with Crippen LogP contribution in [-0.4, -0.2) is 53.1 Å². The van der Waals surface area contributed by atoms with Crippen molar-refractivity contribution in [1.29, 1.82) is 0 Å². The van der Waals surface area contributed by atoms with E-state index in [0.29, 0.717) is 38.2 Å². The van der Waals surface area contributed by atoms with E-state index in [4.69, 9.17) is 14.2 Å². The molecule has 2 N–H and O–H groups in total. The third-order valence-corrected chi connectivity index (χ3v) is 3.46. The smallest absolute Gasteiger partial charge is 0.195 e. The van der Waals surface area contributed by atoms with Crippen LogP contribution in [0.1, 0.15) is 26.7 Å². The number of anilines is 1. The van der Waals surface area contributed by atoms with Gasteiger partial charge in [-0.1, -0.05) is 19.9 Å². The van der Waals surface area contributed by atoms with Crippen LogP contribution >= 0.6 is 24.0 Å². The highest BCUT2D eigenvalue weighted by molar-refractivity contribution is 14.0. The van der Waals surface area contributed by atoms with Crippen LogP contribution in [0.25, 0.3) is 0 Å². The van der Waals surface area contributed by atoms with E-state index in [1.807, 2.05) is 24.3 Å². The Bertz CT molecular complexity index is 499. The average Bonchev–Trinajstić information content (AvgIpc) is 2.60. The quantitative estimate of drug-likeness (QED) is 0.207. The summed E-state index contributed by atoms with van der Waals surface area (Å²) in [6.07, 6.45) is 1.96. The van der Waals surface area contributed by atoms with Crippen LogP contribution in [0.4, 0.5) is 5.69 Å². The van der Waals surface area contributed by atoms with Crippen LogP contribution in [0.3, 0.4) is 0 Å². The van der Waals surface area contributed by atoms with Gasteiger partial charge in [-0.05, 0) is 24.5 Å². The Balaban J connectivity index is 0.00000625. The number of aliphatic imine (C=N–C) groups is 1. The van der Waals surface area contributed by atoms with E-state index in [9.17, 15) is 0 Å². The molecule has 0 atom stereocenters. The molecule has 150 valence electrons. The molecule has 0 unspecified atom stereocenters. The van der Waals surface area contributed by atoms with Crippen LogP contribution in [0.15, 0.2) is 29.3 Å². The van der Waals surface area contributed by atoms with Gasteiger partial charge in [-0.2, -0.15) is 0 Å². The molecular weight excluding hydrogens is 445 g/mol. The standard InChI is InChI=1S/C19H33N3O3.HI/c1-16(2)9-13-24-14-10-21-19(20-3)22-17-7-5-8-18(15-17)25-12-6-11-23-4;/h5,7-8,15-16H,6,9-14H2,1-4H3,(H2,20,21,22);1H. The van der Waals surface area contributed by atoms with E-state index in [0.717, 1.165) is 30.9 Å². The van der Waals surface area contributed by atoms with Crippen molar-refractivity contribution in [2.75, 3.05) is 52.4 Å². The van der Waals surface area contributed by atoms with E-state index < -0.39 is 0 Å². The van der Waals surface area contributed by atoms with Crippen LogP contribution in [0.5, 0.6) is 5.75 Å². The molecule has 0 saturated heterocycles. The molecule has 0 aliphatic heterocycles. The molecule has 7 heteroatoms. The van der Waals surface area contributed by atoms with Gasteiger partial charge >= 0.3 is 0 Å². The summed E-state index contributed by atoms with van der Waals surface area (Å²) in [5, 5.41) is 6.50. The number of rotatable bonds is 12. The molecule has 26 heavy (non-hydrogen) atoms. The minimum Gasteiger partial charge on any atom is -0.493 e. The van der Waals surface area contributed by atoms with Crippen molar-refractivity contribution in [2.24, 2.45) is 10.9 Å². The summed E-state index contributed by atoms with van der Waals surface area (Å²) in [5.74, 6) is 2.21. The SMILES string of the molecule is CN=C(NCCOCCC(C)C)Nc1cccc(OCCCOC)c1.I. The van der Waals surface area contributed by atoms with Gasteiger partial charge in [0, 0.05) is 52.1 Å². The van der Waals surface area contributed by atoms with Gasteiger partial charge in [0.1, 0.15) is 5.75 Å². The van der Waals surface area contributed by atoms with Gasteiger partial charge in [0.2, 0.25) is 0 Å². The minimum atomic E-state index is 0. The lowest BCUT2D eigenvalue weighted by atomic mass is 10.1. The van der Waals surface area contributed by atoms with Crippen molar-refractivity contribution in [2.45, 2.75) is 26.7 Å². The molecule has 1 aromatic carbocycles. The van der Waals surface area contributed by atoms with Crippen molar-refractivity contribution >= 4 is 35.6 Å². The fourth-order valence-corrected chi connectivity index (χ4v) is 2.04. The summed E-state index contributed by atoms with van der Waals surface area (Å²) >= 11 is 0. The Morgan fingerprint density at radius 1 is 1.15 bits per heavy atom. The second-order valence-electron chi connectivity index (χ2n) is 6.14. The van der Waals surface area contributed by atoms with Gasteiger partial charge in [-0.3, -0.25) is 4.99 Å². The second-order valence-corrected chi connectivity index (χ2v) is 6.14. The second kappa shape index (κ2) is 16.1. The van der Waals surface area contributed by atoms with Gasteiger partial charge < -0.3 is 24.8 Å². The summed E-state index contributed by atoms with van der Waals surface area (Å²) in [5.41, 5.74) is 0.929. The predicted octanol–water partition coefficient (Wildman–Crippen LogP) is 3.77. The summed E-state index contributed by atoms with van der Waals surface area (Å²) in [6, 6.07) is 7.83. The van der Waals surface area contributed by atoms with E-state index in [-0.39, 0.29) is 24.0 Å². The zero-order valence-corrected chi connectivity index (χ0v) is 18.7. The summed E-state index contributed by atoms with van der Waals surface area (Å²) in [4.78, 5) is 4.23. The molecular formula is C19H34IN3O3. The van der Waals surface area contributed by atoms with Crippen molar-refractivity contribution in [3.05, 3.63) is 24.3 Å². The van der Waals surface area contributed by atoms with Crippen LogP contribution in [0.2, 0.25) is 0 Å². The topological polar surface area (TPSA) is 64.1 Å². The number of hydrogen-bond donors (Lipinski definition) is 2. The van der Waals surface area contributed by atoms with Gasteiger partial charge in [-0.15, -0.1) is 24.0 Å². The highest BCUT2D eigenvalue weighted by Crippen LogP contribution is 2.17. The number of methoxy groups -OCH3 is 1. The van der Waals surface area contributed by atoms with E-state index in [1.54, 1.807) is 14.2 Å². The zero-order valence-electron chi connectivity index (χ0n) is 16.4. The number of nitrogens with zero attached hydrogens (tertiary/aromatic N) is 1. The maximum atomic E-state index is 5.71. The van der Waals surface area contributed by atoms with Crippen molar-refractivity contribution in [3.63, 3.8) is 0 Å². The highest BCUT2D eigenvalue weighted by Gasteiger charge is 2.01. The molecule has 0 saturated carbocycles. The number of ether oxygens (including phenoxy) is 3. The van der Waals surface area contributed by atoms with Crippen molar-refractivity contribution in [3.8, 4) is 5.75 Å². The molecule has 0 aliphatic carbocycles. The van der Waals surface area contributed by atoms with Gasteiger partial charge in [0.05, 0.1) is 13.2 Å². The molecule has 0 bridgehead atoms. The molecule has 0 radical (unpaired) electrons. The summed E-state index contributed by atoms with van der Waals surface area (Å²) < 4.78 is 16.3. The first-order valence-corrected chi connectivity index (χ1v) is 8.93. The maximum absolute atomic E-state index is 5.71. The van der Waals surface area contributed by atoms with Gasteiger partial charge in [-0.25, -0.2) is 0 Å². The third kappa shape index (κ3) is 12.3. The number of nitrogens with one attached hydrogen (secondary N) is 2. The lowest BCUT2D eigenvalue weighted by Crippen LogP contribution is -2.33. The monoisotopic (exact) mass is 479 g/mol. The molecule has 0 amide bonds. The van der Waals surface area contributed by atoms with Crippen LogP contribution in [0, 0.1) is 5.92 Å². The lowest BCUT2D eigenvalue weighted by molar-refractivity contribution is 0.128. The third-order valence-electron chi connectivity index (χ3n) is 3.46. The van der Waals surface area contributed by atoms with E-state index in [1.165, 1.54) is 0 Å². The molecule has 0 spiro atoms. The molecule has 1 aromatic rings. The number of benzene rings is 1. The first-order chi connectivity index (χ1) is 12.2. The van der Waals surface area contributed by atoms with Crippen LogP contribution in [-0.2, 0) is 9.47 Å². The Morgan fingerprint density at radius 3 is 2.65 bits per heavy atom. The van der Waals surface area contributed by atoms with Crippen LogP contribution < -0.4 is 15.4 Å². The minimum absolute atomic E-state index is 0. The van der Waals surface area contributed by atoms with Crippen molar-refractivity contribution < 1.29 is 14.2 Å². The normalized spacial score (nSPS) is 11.2. The lowest BCUT2D eigenvalue weighted by Gasteiger charge is -2.13. The average molecular weight is 479 g/mol.